The number of aromatic hydroxyl groups is 1. The van der Waals surface area contributed by atoms with E-state index in [1.165, 1.54) is 17.2 Å². The average molecular weight is 570 g/mol. The summed E-state index contributed by atoms with van der Waals surface area (Å²) >= 11 is 6.01. The van der Waals surface area contributed by atoms with E-state index >= 15 is 0 Å². The molecule has 0 fully saturated rings. The maximum Gasteiger partial charge on any atom is 0.393 e. The molecule has 0 aliphatic heterocycles. The highest BCUT2D eigenvalue weighted by Crippen LogP contribution is 2.28. The second-order valence-electron chi connectivity index (χ2n) is 9.72. The van der Waals surface area contributed by atoms with E-state index in [1.54, 1.807) is 30.3 Å². The molecule has 208 valence electrons. The second kappa shape index (κ2) is 12.3. The van der Waals surface area contributed by atoms with Crippen molar-refractivity contribution >= 4 is 34.5 Å². The minimum atomic E-state index is -1.20. The number of nitrogens with zero attached hydrogens (tertiary/aromatic N) is 1. The van der Waals surface area contributed by atoms with E-state index < -0.39 is 18.0 Å². The zero-order valence-corrected chi connectivity index (χ0v) is 23.0. The van der Waals surface area contributed by atoms with E-state index in [2.05, 4.69) is 0 Å². The van der Waals surface area contributed by atoms with Crippen LogP contribution in [0.4, 0.5) is 0 Å². The van der Waals surface area contributed by atoms with E-state index in [1.807, 2.05) is 61.5 Å². The molecule has 1 atom stereocenters. The fraction of sp³-hybridized carbons (Fsp3) is 0.152. The number of hydrogen-bond donors (Lipinski definition) is 2. The fourth-order valence-electron chi connectivity index (χ4n) is 4.54. The van der Waals surface area contributed by atoms with Crippen LogP contribution in [0.2, 0.25) is 5.02 Å². The van der Waals surface area contributed by atoms with E-state index in [4.69, 9.17) is 20.9 Å². The van der Waals surface area contributed by atoms with Crippen molar-refractivity contribution in [3.05, 3.63) is 125 Å². The van der Waals surface area contributed by atoms with E-state index in [0.29, 0.717) is 21.6 Å². The molecule has 8 heteroatoms. The van der Waals surface area contributed by atoms with Gasteiger partial charge in [0, 0.05) is 16.8 Å². The maximum absolute atomic E-state index is 13.3. The summed E-state index contributed by atoms with van der Waals surface area (Å²) in [6, 6.07) is 27.3. The van der Waals surface area contributed by atoms with Gasteiger partial charge in [-0.3, -0.25) is 4.79 Å². The first kappa shape index (κ1) is 28.0. The standard InChI is InChI=1S/C33H28ClNO6/c1-2-21-3-5-23(6-4-21)20-35(29(32(37)38)17-22-7-15-28(36)16-8-22)41-33(39)31-19-26-10-9-25(18-30(26)40-31)24-11-13-27(34)14-12-24/h3-16,18-19,29,36H,2,17,20H2,1H3,(H,37,38)/t29-/m0/s1. The molecule has 0 amide bonds. The molecule has 0 radical (unpaired) electrons. The van der Waals surface area contributed by atoms with Crippen LogP contribution in [0.5, 0.6) is 5.75 Å². The summed E-state index contributed by atoms with van der Waals surface area (Å²) < 4.78 is 5.87. The van der Waals surface area contributed by atoms with Crippen LogP contribution < -0.4 is 0 Å². The van der Waals surface area contributed by atoms with Crippen LogP contribution in [0.1, 0.15) is 34.2 Å². The highest BCUT2D eigenvalue weighted by atomic mass is 35.5. The molecule has 0 saturated heterocycles. The summed E-state index contributed by atoms with van der Waals surface area (Å²) in [5.41, 5.74) is 4.90. The molecule has 2 N–H and O–H groups in total. The molecule has 0 aliphatic rings. The van der Waals surface area contributed by atoms with Gasteiger partial charge in [-0.1, -0.05) is 79.2 Å². The number of carbonyl (C=O) groups is 2. The summed E-state index contributed by atoms with van der Waals surface area (Å²) in [5, 5.41) is 22.3. The number of benzene rings is 4. The zero-order valence-electron chi connectivity index (χ0n) is 22.3. The van der Waals surface area contributed by atoms with Gasteiger partial charge in [-0.25, -0.2) is 4.79 Å². The van der Waals surface area contributed by atoms with E-state index in [-0.39, 0.29) is 24.5 Å². The largest absolute Gasteiger partial charge is 0.508 e. The lowest BCUT2D eigenvalue weighted by Crippen LogP contribution is -2.43. The van der Waals surface area contributed by atoms with Gasteiger partial charge in [-0.15, -0.1) is 5.06 Å². The quantitative estimate of drug-likeness (QED) is 0.170. The molecule has 1 heterocycles. The first-order valence-corrected chi connectivity index (χ1v) is 13.5. The third-order valence-electron chi connectivity index (χ3n) is 6.87. The highest BCUT2D eigenvalue weighted by Gasteiger charge is 2.31. The van der Waals surface area contributed by atoms with Crippen LogP contribution in [0.3, 0.4) is 0 Å². The number of carboxylic acids is 1. The zero-order chi connectivity index (χ0) is 28.9. The number of aryl methyl sites for hydroxylation is 1. The van der Waals surface area contributed by atoms with E-state index in [0.717, 1.165) is 28.7 Å². The van der Waals surface area contributed by atoms with Crippen molar-refractivity contribution in [3.63, 3.8) is 0 Å². The number of aliphatic carboxylic acids is 1. The van der Waals surface area contributed by atoms with Crippen LogP contribution in [0.15, 0.2) is 101 Å². The molecular weight excluding hydrogens is 542 g/mol. The van der Waals surface area contributed by atoms with Gasteiger partial charge < -0.3 is 19.5 Å². The minimum Gasteiger partial charge on any atom is -0.508 e. The number of hydroxylamine groups is 2. The molecule has 7 nitrogen and oxygen atoms in total. The second-order valence-corrected chi connectivity index (χ2v) is 10.2. The first-order valence-electron chi connectivity index (χ1n) is 13.2. The smallest absolute Gasteiger partial charge is 0.393 e. The van der Waals surface area contributed by atoms with Crippen molar-refractivity contribution in [2.75, 3.05) is 0 Å². The Kier molecular flexibility index (Phi) is 8.38. The lowest BCUT2D eigenvalue weighted by Gasteiger charge is -2.27. The molecule has 0 bridgehead atoms. The summed E-state index contributed by atoms with van der Waals surface area (Å²) in [6.07, 6.45) is 0.907. The Morgan fingerprint density at radius 2 is 1.49 bits per heavy atom. The van der Waals surface area contributed by atoms with Gasteiger partial charge in [-0.05, 0) is 70.6 Å². The van der Waals surface area contributed by atoms with E-state index in [9.17, 15) is 19.8 Å². The van der Waals surface area contributed by atoms with Gasteiger partial charge in [-0.2, -0.15) is 0 Å². The molecule has 0 unspecified atom stereocenters. The van der Waals surface area contributed by atoms with Crippen LogP contribution in [0.25, 0.3) is 22.1 Å². The number of carboxylic acid groups (broad SMARTS) is 1. The number of phenols is 1. The lowest BCUT2D eigenvalue weighted by atomic mass is 10.0. The predicted octanol–water partition coefficient (Wildman–Crippen LogP) is 7.29. The Bertz CT molecular complexity index is 1660. The Balaban J connectivity index is 1.42. The SMILES string of the molecule is CCc1ccc(CN(OC(=O)c2cc3ccc(-c4ccc(Cl)cc4)cc3o2)[C@@H](Cc2ccc(O)cc2)C(=O)O)cc1. The molecular formula is C33H28ClNO6. The van der Waals surface area contributed by atoms with Crippen LogP contribution in [-0.4, -0.2) is 33.3 Å². The fourth-order valence-corrected chi connectivity index (χ4v) is 4.67. The van der Waals surface area contributed by atoms with Crippen LogP contribution in [-0.2, 0) is 29.0 Å². The van der Waals surface area contributed by atoms with Gasteiger partial charge in [0.1, 0.15) is 17.4 Å². The van der Waals surface area contributed by atoms with Gasteiger partial charge >= 0.3 is 11.9 Å². The summed E-state index contributed by atoms with van der Waals surface area (Å²) in [4.78, 5) is 31.5. The van der Waals surface area contributed by atoms with Gasteiger partial charge in [0.05, 0.1) is 6.54 Å². The van der Waals surface area contributed by atoms with Crippen molar-refractivity contribution in [2.24, 2.45) is 0 Å². The number of carbonyl (C=O) groups excluding carboxylic acids is 1. The number of fused-ring (bicyclic) bond motifs is 1. The number of halogens is 1. The molecule has 5 aromatic rings. The number of phenolic OH excluding ortho intramolecular Hbond substituents is 1. The Labute approximate surface area is 242 Å². The van der Waals surface area contributed by atoms with Crippen molar-refractivity contribution in [2.45, 2.75) is 32.4 Å². The molecule has 0 aliphatic carbocycles. The van der Waals surface area contributed by atoms with Gasteiger partial charge in [0.25, 0.3) is 0 Å². The normalized spacial score (nSPS) is 12.0. The molecule has 0 spiro atoms. The predicted molar refractivity (Wildman–Crippen MR) is 157 cm³/mol. The first-order chi connectivity index (χ1) is 19.8. The monoisotopic (exact) mass is 569 g/mol. The topological polar surface area (TPSA) is 100 Å². The van der Waals surface area contributed by atoms with Crippen LogP contribution in [0, 0.1) is 0 Å². The maximum atomic E-state index is 13.3. The Hall–Kier alpha value is -4.59. The summed E-state index contributed by atoms with van der Waals surface area (Å²) in [5.74, 6) is -1.94. The van der Waals surface area contributed by atoms with Gasteiger partial charge in [0.15, 0.2) is 0 Å². The minimum absolute atomic E-state index is 0.0422. The molecule has 0 saturated carbocycles. The molecule has 5 rings (SSSR count). The van der Waals surface area contributed by atoms with Crippen molar-refractivity contribution < 1.29 is 29.1 Å². The van der Waals surface area contributed by atoms with Gasteiger partial charge in [0.2, 0.25) is 5.76 Å². The number of rotatable bonds is 10. The molecule has 1 aromatic heterocycles. The third kappa shape index (κ3) is 6.77. The third-order valence-corrected chi connectivity index (χ3v) is 7.12. The number of furan rings is 1. The van der Waals surface area contributed by atoms with Crippen molar-refractivity contribution in [1.82, 2.24) is 5.06 Å². The highest BCUT2D eigenvalue weighted by molar-refractivity contribution is 6.30. The summed E-state index contributed by atoms with van der Waals surface area (Å²) in [7, 11) is 0. The van der Waals surface area contributed by atoms with Crippen molar-refractivity contribution in [3.8, 4) is 16.9 Å². The molecule has 4 aromatic carbocycles. The summed E-state index contributed by atoms with van der Waals surface area (Å²) in [6.45, 7) is 2.10. The Morgan fingerprint density at radius 1 is 0.854 bits per heavy atom. The average Bonchev–Trinajstić information content (AvgIpc) is 3.41. The van der Waals surface area contributed by atoms with Crippen molar-refractivity contribution in [1.29, 1.82) is 0 Å². The lowest BCUT2D eigenvalue weighted by molar-refractivity contribution is -0.175. The molecule has 41 heavy (non-hydrogen) atoms. The van der Waals surface area contributed by atoms with Crippen LogP contribution >= 0.6 is 11.6 Å². The number of hydrogen-bond acceptors (Lipinski definition) is 6. The Morgan fingerprint density at radius 3 is 2.15 bits per heavy atom.